The number of amides is 1. The molecule has 0 aliphatic carbocycles. The number of carbonyl (C=O) groups is 1. The van der Waals surface area contributed by atoms with Crippen molar-refractivity contribution in [3.63, 3.8) is 0 Å². The Bertz CT molecular complexity index is 282. The van der Waals surface area contributed by atoms with E-state index in [0.717, 1.165) is 58.2 Å². The molecule has 4 heteroatoms. The number of ether oxygens (including phenoxy) is 1. The molecule has 1 aliphatic heterocycles. The van der Waals surface area contributed by atoms with Crippen LogP contribution in [0, 0.1) is 5.92 Å². The molecule has 0 aromatic rings. The smallest absolute Gasteiger partial charge is 0.225 e. The van der Waals surface area contributed by atoms with Gasteiger partial charge < -0.3 is 15.4 Å². The van der Waals surface area contributed by atoms with Crippen molar-refractivity contribution < 1.29 is 9.53 Å². The first-order chi connectivity index (χ1) is 9.54. The molecule has 0 radical (unpaired) electrons. The second-order valence-electron chi connectivity index (χ2n) is 6.23. The molecule has 0 spiro atoms. The van der Waals surface area contributed by atoms with Gasteiger partial charge in [0.1, 0.15) is 0 Å². The molecule has 1 heterocycles. The second-order valence-corrected chi connectivity index (χ2v) is 6.23. The summed E-state index contributed by atoms with van der Waals surface area (Å²) in [5, 5.41) is 0. The van der Waals surface area contributed by atoms with E-state index < -0.39 is 0 Å². The van der Waals surface area contributed by atoms with E-state index in [4.69, 9.17) is 10.5 Å². The Balaban J connectivity index is 2.33. The van der Waals surface area contributed by atoms with E-state index in [1.165, 1.54) is 0 Å². The van der Waals surface area contributed by atoms with Crippen LogP contribution in [0.2, 0.25) is 0 Å². The zero-order valence-corrected chi connectivity index (χ0v) is 13.4. The van der Waals surface area contributed by atoms with Gasteiger partial charge in [-0.3, -0.25) is 4.79 Å². The van der Waals surface area contributed by atoms with E-state index in [-0.39, 0.29) is 18.1 Å². The highest BCUT2D eigenvalue weighted by Gasteiger charge is 2.26. The van der Waals surface area contributed by atoms with Crippen molar-refractivity contribution >= 4 is 5.91 Å². The molecular weight excluding hydrogens is 252 g/mol. The molecule has 0 aromatic carbocycles. The fraction of sp³-hybridized carbons (Fsp3) is 0.938. The van der Waals surface area contributed by atoms with Gasteiger partial charge in [-0.15, -0.1) is 0 Å². The number of hydrogen-bond donors (Lipinski definition) is 1. The van der Waals surface area contributed by atoms with Crippen LogP contribution in [0.1, 0.15) is 59.3 Å². The Kier molecular flexibility index (Phi) is 8.15. The lowest BCUT2D eigenvalue weighted by atomic mass is 9.99. The maximum atomic E-state index is 12.4. The molecule has 20 heavy (non-hydrogen) atoms. The Morgan fingerprint density at radius 1 is 1.40 bits per heavy atom. The van der Waals surface area contributed by atoms with Crippen molar-refractivity contribution in [3.8, 4) is 0 Å². The average molecular weight is 284 g/mol. The van der Waals surface area contributed by atoms with Gasteiger partial charge in [0, 0.05) is 31.7 Å². The first kappa shape index (κ1) is 17.4. The summed E-state index contributed by atoms with van der Waals surface area (Å²) >= 11 is 0. The number of carbonyl (C=O) groups excluding carboxylic acids is 1. The zero-order chi connectivity index (χ0) is 15.0. The number of nitrogens with zero attached hydrogens (tertiary/aromatic N) is 1. The Labute approximate surface area is 124 Å². The predicted octanol–water partition coefficient (Wildman–Crippen LogP) is 2.56. The molecule has 1 amide bonds. The minimum atomic E-state index is 0.110. The number of piperidine rings is 1. The van der Waals surface area contributed by atoms with Crippen LogP contribution in [0.15, 0.2) is 0 Å². The van der Waals surface area contributed by atoms with Gasteiger partial charge in [0.25, 0.3) is 0 Å². The first-order valence-electron chi connectivity index (χ1n) is 8.20. The van der Waals surface area contributed by atoms with E-state index in [9.17, 15) is 4.79 Å². The maximum absolute atomic E-state index is 12.4. The third-order valence-electron chi connectivity index (χ3n) is 3.97. The predicted molar refractivity (Wildman–Crippen MR) is 82.5 cm³/mol. The van der Waals surface area contributed by atoms with Gasteiger partial charge >= 0.3 is 0 Å². The minimum absolute atomic E-state index is 0.110. The summed E-state index contributed by atoms with van der Waals surface area (Å²) in [4.78, 5) is 14.4. The maximum Gasteiger partial charge on any atom is 0.225 e. The second kappa shape index (κ2) is 9.35. The van der Waals surface area contributed by atoms with Gasteiger partial charge in [-0.05, 0) is 39.0 Å². The molecule has 3 unspecified atom stereocenters. The molecule has 1 saturated heterocycles. The van der Waals surface area contributed by atoms with Crippen LogP contribution in [0.3, 0.4) is 0 Å². The monoisotopic (exact) mass is 284 g/mol. The van der Waals surface area contributed by atoms with Crippen molar-refractivity contribution in [2.24, 2.45) is 11.7 Å². The van der Waals surface area contributed by atoms with Gasteiger partial charge in [0.2, 0.25) is 5.91 Å². The van der Waals surface area contributed by atoms with Gasteiger partial charge in [-0.1, -0.05) is 20.3 Å². The third-order valence-corrected chi connectivity index (χ3v) is 3.97. The van der Waals surface area contributed by atoms with Crippen LogP contribution in [0.4, 0.5) is 0 Å². The molecule has 0 bridgehead atoms. The largest absolute Gasteiger partial charge is 0.376 e. The van der Waals surface area contributed by atoms with Crippen molar-refractivity contribution in [1.82, 2.24) is 4.90 Å². The highest BCUT2D eigenvalue weighted by Crippen LogP contribution is 2.18. The lowest BCUT2D eigenvalue weighted by Gasteiger charge is -2.34. The van der Waals surface area contributed by atoms with Crippen LogP contribution in [-0.4, -0.2) is 42.6 Å². The molecule has 1 rings (SSSR count). The van der Waals surface area contributed by atoms with E-state index in [2.05, 4.69) is 6.92 Å². The van der Waals surface area contributed by atoms with E-state index in [0.29, 0.717) is 5.91 Å². The molecule has 1 fully saturated rings. The van der Waals surface area contributed by atoms with Crippen LogP contribution in [0.25, 0.3) is 0 Å². The molecule has 1 aliphatic rings. The number of hydrogen-bond acceptors (Lipinski definition) is 3. The summed E-state index contributed by atoms with van der Waals surface area (Å²) in [7, 11) is 0. The zero-order valence-electron chi connectivity index (χ0n) is 13.4. The third kappa shape index (κ3) is 6.23. The molecule has 3 atom stereocenters. The Hall–Kier alpha value is -0.610. The molecule has 0 aromatic heterocycles. The summed E-state index contributed by atoms with van der Waals surface area (Å²) in [6.07, 6.45) is 6.41. The summed E-state index contributed by atoms with van der Waals surface area (Å²) in [5.41, 5.74) is 5.75. The normalized spacial score (nSPS) is 22.6. The van der Waals surface area contributed by atoms with Gasteiger partial charge in [0.05, 0.1) is 6.10 Å². The van der Waals surface area contributed by atoms with Crippen LogP contribution in [0.5, 0.6) is 0 Å². The van der Waals surface area contributed by atoms with Crippen LogP contribution in [-0.2, 0) is 9.53 Å². The molecular formula is C16H32N2O2. The highest BCUT2D eigenvalue weighted by molar-refractivity contribution is 5.78. The van der Waals surface area contributed by atoms with Crippen molar-refractivity contribution in [3.05, 3.63) is 0 Å². The Morgan fingerprint density at radius 2 is 2.15 bits per heavy atom. The molecule has 0 saturated carbocycles. The minimum Gasteiger partial charge on any atom is -0.376 e. The summed E-state index contributed by atoms with van der Waals surface area (Å²) in [6, 6.07) is 0.235. The topological polar surface area (TPSA) is 55.6 Å². The molecule has 4 nitrogen and oxygen atoms in total. The molecule has 118 valence electrons. The summed E-state index contributed by atoms with van der Waals surface area (Å²) in [5.74, 6) is 0.401. The van der Waals surface area contributed by atoms with E-state index in [1.807, 2.05) is 18.7 Å². The SMILES string of the molecule is CCCOC1CCCN(C(=O)C(C)CCCC(C)N)C1. The van der Waals surface area contributed by atoms with Crippen molar-refractivity contribution in [1.29, 1.82) is 0 Å². The fourth-order valence-electron chi connectivity index (χ4n) is 2.74. The van der Waals surface area contributed by atoms with Crippen LogP contribution < -0.4 is 5.73 Å². The first-order valence-corrected chi connectivity index (χ1v) is 8.20. The van der Waals surface area contributed by atoms with Gasteiger partial charge in [-0.2, -0.15) is 0 Å². The van der Waals surface area contributed by atoms with Gasteiger partial charge in [-0.25, -0.2) is 0 Å². The van der Waals surface area contributed by atoms with Gasteiger partial charge in [0.15, 0.2) is 0 Å². The summed E-state index contributed by atoms with van der Waals surface area (Å²) < 4.78 is 5.79. The molecule has 2 N–H and O–H groups in total. The highest BCUT2D eigenvalue weighted by atomic mass is 16.5. The lowest BCUT2D eigenvalue weighted by Crippen LogP contribution is -2.45. The number of nitrogens with two attached hydrogens (primary N) is 1. The average Bonchev–Trinajstić information content (AvgIpc) is 2.44. The number of rotatable bonds is 8. The quantitative estimate of drug-likeness (QED) is 0.745. The van der Waals surface area contributed by atoms with Crippen molar-refractivity contribution in [2.45, 2.75) is 71.4 Å². The van der Waals surface area contributed by atoms with Crippen LogP contribution >= 0.6 is 0 Å². The standard InChI is InChI=1S/C16H32N2O2/c1-4-11-20-15-9-6-10-18(12-15)16(19)13(2)7-5-8-14(3)17/h13-15H,4-12,17H2,1-3H3. The summed E-state index contributed by atoms with van der Waals surface area (Å²) in [6.45, 7) is 8.65. The Morgan fingerprint density at radius 3 is 2.80 bits per heavy atom. The lowest BCUT2D eigenvalue weighted by molar-refractivity contribution is -0.139. The van der Waals surface area contributed by atoms with E-state index >= 15 is 0 Å². The number of likely N-dealkylation sites (tertiary alicyclic amines) is 1. The van der Waals surface area contributed by atoms with Crippen molar-refractivity contribution in [2.75, 3.05) is 19.7 Å². The fourth-order valence-corrected chi connectivity index (χ4v) is 2.74. The van der Waals surface area contributed by atoms with E-state index in [1.54, 1.807) is 0 Å².